The molecule has 0 spiro atoms. The van der Waals surface area contributed by atoms with Crippen LogP contribution in [0, 0.1) is 0 Å². The first kappa shape index (κ1) is 21.4. The number of carbonyl (C=O) groups is 2. The zero-order valence-corrected chi connectivity index (χ0v) is 17.8. The van der Waals surface area contributed by atoms with Crippen molar-refractivity contribution < 1.29 is 29.5 Å². The molecule has 1 aliphatic heterocycles. The fraction of sp³-hybridized carbons (Fsp3) is 0.125. The number of phenolic OH excluding ortho intramolecular Hbond substituents is 1. The van der Waals surface area contributed by atoms with E-state index in [-0.39, 0.29) is 29.2 Å². The van der Waals surface area contributed by atoms with E-state index in [1.165, 1.54) is 36.3 Å². The standard InChI is InChI=1S/C24H19ClN2O5/c1-32-19-11-16(6-9-18(19)28)21-20(22(29)15-4-7-17(25)8-5-15)23(30)24(31)27(21)13-14-3-2-10-26-12-14/h2-12,21,28-29H,13H2,1H3. The van der Waals surface area contributed by atoms with Crippen molar-refractivity contribution in [1.82, 2.24) is 4.90 Å². The Bertz CT molecular complexity index is 1210. The number of H-pyrrole nitrogens is 1. The maximum atomic E-state index is 13.4. The van der Waals surface area contributed by atoms with Crippen LogP contribution in [0.5, 0.6) is 11.5 Å². The molecule has 1 aliphatic rings. The first-order valence-electron chi connectivity index (χ1n) is 9.75. The Morgan fingerprint density at radius 3 is 2.59 bits per heavy atom. The van der Waals surface area contributed by atoms with Gasteiger partial charge < -0.3 is 19.8 Å². The summed E-state index contributed by atoms with van der Waals surface area (Å²) in [5, 5.41) is 23.8. The number of nitrogens with one attached hydrogen (secondary N) is 1. The second-order valence-corrected chi connectivity index (χ2v) is 7.69. The fourth-order valence-corrected chi connectivity index (χ4v) is 3.85. The molecule has 2 aromatic carbocycles. The molecule has 1 amide bonds. The van der Waals surface area contributed by atoms with Crippen LogP contribution in [0.2, 0.25) is 5.02 Å². The van der Waals surface area contributed by atoms with Crippen LogP contribution in [-0.4, -0.2) is 28.8 Å². The molecule has 1 aromatic heterocycles. The van der Waals surface area contributed by atoms with Crippen LogP contribution in [0.15, 0.2) is 72.6 Å². The van der Waals surface area contributed by atoms with Crippen LogP contribution < -0.4 is 14.8 Å². The summed E-state index contributed by atoms with van der Waals surface area (Å²) in [7, 11) is 1.39. The summed E-state index contributed by atoms with van der Waals surface area (Å²) in [6.45, 7) is 0.104. The number of halogens is 1. The van der Waals surface area contributed by atoms with Crippen LogP contribution >= 0.6 is 11.6 Å². The Morgan fingerprint density at radius 2 is 1.94 bits per heavy atom. The van der Waals surface area contributed by atoms with Crippen molar-refractivity contribution in [3.8, 4) is 11.5 Å². The van der Waals surface area contributed by atoms with Gasteiger partial charge in [0.15, 0.2) is 23.9 Å². The summed E-state index contributed by atoms with van der Waals surface area (Å²) >= 11 is 5.93. The number of hydrogen-bond acceptors (Lipinski definition) is 5. The molecule has 1 saturated heterocycles. The number of aromatic amines is 1. The SMILES string of the molecule is COc1cc(C2C(=C([O-])c3ccc(Cl)cc3)C(=O)C(=O)N2Cc2ccc[nH+]c2)ccc1O. The minimum Gasteiger partial charge on any atom is -0.872 e. The third-order valence-electron chi connectivity index (χ3n) is 5.28. The molecule has 8 heteroatoms. The van der Waals surface area contributed by atoms with Crippen molar-refractivity contribution in [3.63, 3.8) is 0 Å². The summed E-state index contributed by atoms with van der Waals surface area (Å²) in [5.74, 6) is -2.12. The summed E-state index contributed by atoms with van der Waals surface area (Å²) in [5.41, 5.74) is 1.31. The van der Waals surface area contributed by atoms with E-state index in [2.05, 4.69) is 4.98 Å². The molecule has 0 radical (unpaired) electrons. The summed E-state index contributed by atoms with van der Waals surface area (Å²) in [6, 6.07) is 13.2. The van der Waals surface area contributed by atoms with Crippen molar-refractivity contribution in [1.29, 1.82) is 0 Å². The predicted molar refractivity (Wildman–Crippen MR) is 114 cm³/mol. The minimum atomic E-state index is -0.951. The van der Waals surface area contributed by atoms with E-state index in [1.54, 1.807) is 36.7 Å². The van der Waals surface area contributed by atoms with Crippen LogP contribution in [0.4, 0.5) is 0 Å². The minimum absolute atomic E-state index is 0.0957. The van der Waals surface area contributed by atoms with E-state index in [1.807, 2.05) is 6.07 Å². The third-order valence-corrected chi connectivity index (χ3v) is 5.53. The van der Waals surface area contributed by atoms with Crippen LogP contribution in [0.1, 0.15) is 22.7 Å². The number of rotatable bonds is 5. The summed E-state index contributed by atoms with van der Waals surface area (Å²) < 4.78 is 5.19. The number of nitrogens with zero attached hydrogens (tertiary/aromatic N) is 1. The Hall–Kier alpha value is -3.84. The zero-order valence-electron chi connectivity index (χ0n) is 17.0. The highest BCUT2D eigenvalue weighted by Gasteiger charge is 2.44. The maximum absolute atomic E-state index is 13.4. The van der Waals surface area contributed by atoms with Crippen molar-refractivity contribution in [2.45, 2.75) is 12.6 Å². The van der Waals surface area contributed by atoms with E-state index in [4.69, 9.17) is 16.3 Å². The Morgan fingerprint density at radius 1 is 1.19 bits per heavy atom. The number of likely N-dealkylation sites (tertiary alicyclic amines) is 1. The molecule has 32 heavy (non-hydrogen) atoms. The van der Waals surface area contributed by atoms with Gasteiger partial charge in [0.25, 0.3) is 5.91 Å². The molecule has 2 N–H and O–H groups in total. The number of pyridine rings is 1. The smallest absolute Gasteiger partial charge is 0.295 e. The molecular formula is C24H19ClN2O5. The zero-order chi connectivity index (χ0) is 22.8. The lowest BCUT2D eigenvalue weighted by Crippen LogP contribution is -2.29. The molecular weight excluding hydrogens is 432 g/mol. The first-order chi connectivity index (χ1) is 15.4. The number of ether oxygens (including phenoxy) is 1. The van der Waals surface area contributed by atoms with Crippen LogP contribution in [-0.2, 0) is 16.1 Å². The molecule has 0 aliphatic carbocycles. The molecule has 1 fully saturated rings. The van der Waals surface area contributed by atoms with Crippen molar-refractivity contribution in [2.75, 3.05) is 7.11 Å². The number of methoxy groups -OCH3 is 1. The lowest BCUT2D eigenvalue weighted by Gasteiger charge is -2.27. The average molecular weight is 451 g/mol. The third kappa shape index (κ3) is 3.90. The maximum Gasteiger partial charge on any atom is 0.295 e. The van der Waals surface area contributed by atoms with Gasteiger partial charge in [0.1, 0.15) is 0 Å². The summed E-state index contributed by atoms with van der Waals surface area (Å²) in [4.78, 5) is 30.3. The molecule has 0 bridgehead atoms. The van der Waals surface area contributed by atoms with Crippen LogP contribution in [0.25, 0.3) is 5.76 Å². The second-order valence-electron chi connectivity index (χ2n) is 7.26. The van der Waals surface area contributed by atoms with Gasteiger partial charge in [0.05, 0.1) is 19.7 Å². The van der Waals surface area contributed by atoms with Crippen molar-refractivity contribution in [3.05, 3.63) is 94.3 Å². The molecule has 7 nitrogen and oxygen atoms in total. The van der Waals surface area contributed by atoms with Gasteiger partial charge >= 0.3 is 0 Å². The number of carbonyl (C=O) groups excluding carboxylic acids is 2. The monoisotopic (exact) mass is 450 g/mol. The Kier molecular flexibility index (Phi) is 5.83. The second kappa shape index (κ2) is 8.72. The molecule has 0 saturated carbocycles. The number of aromatic hydroxyl groups is 1. The van der Waals surface area contributed by atoms with Gasteiger partial charge in [-0.3, -0.25) is 9.59 Å². The largest absolute Gasteiger partial charge is 0.872 e. The lowest BCUT2D eigenvalue weighted by molar-refractivity contribution is -0.378. The van der Waals surface area contributed by atoms with E-state index in [0.29, 0.717) is 10.6 Å². The molecule has 4 rings (SSSR count). The average Bonchev–Trinajstić information content (AvgIpc) is 3.05. The molecule has 1 atom stereocenters. The Labute approximate surface area is 189 Å². The molecule has 162 valence electrons. The molecule has 3 aromatic rings. The normalized spacial score (nSPS) is 17.6. The number of amides is 1. The van der Waals surface area contributed by atoms with Gasteiger partial charge in [-0.05, 0) is 41.5 Å². The molecule has 1 unspecified atom stereocenters. The van der Waals surface area contributed by atoms with Gasteiger partial charge in [0, 0.05) is 22.2 Å². The Balaban J connectivity index is 1.89. The number of hydrogen-bond donors (Lipinski definition) is 1. The number of aromatic nitrogens is 1. The van der Waals surface area contributed by atoms with Crippen molar-refractivity contribution in [2.24, 2.45) is 0 Å². The fourth-order valence-electron chi connectivity index (χ4n) is 3.73. The van der Waals surface area contributed by atoms with E-state index in [0.717, 1.165) is 5.56 Å². The first-order valence-corrected chi connectivity index (χ1v) is 10.1. The lowest BCUT2D eigenvalue weighted by atomic mass is 9.95. The quantitative estimate of drug-likeness (QED) is 0.365. The summed E-state index contributed by atoms with van der Waals surface area (Å²) in [6.07, 6.45) is 3.44. The number of ketones is 1. The van der Waals surface area contributed by atoms with Gasteiger partial charge in [-0.25, -0.2) is 4.98 Å². The topological polar surface area (TPSA) is 104 Å². The molecule has 2 heterocycles. The van der Waals surface area contributed by atoms with Gasteiger partial charge in [-0.2, -0.15) is 0 Å². The van der Waals surface area contributed by atoms with Crippen molar-refractivity contribution >= 4 is 29.1 Å². The van der Waals surface area contributed by atoms with Gasteiger partial charge in [0.2, 0.25) is 5.78 Å². The highest BCUT2D eigenvalue weighted by molar-refractivity contribution is 6.46. The number of benzene rings is 2. The predicted octanol–water partition coefficient (Wildman–Crippen LogP) is 2.29. The van der Waals surface area contributed by atoms with E-state index in [9.17, 15) is 19.8 Å². The van der Waals surface area contributed by atoms with Gasteiger partial charge in [-0.15, -0.1) is 0 Å². The van der Waals surface area contributed by atoms with E-state index >= 15 is 0 Å². The highest BCUT2D eigenvalue weighted by Crippen LogP contribution is 2.41. The number of Topliss-reactive ketones (excluding diaryl/α,β-unsaturated/α-hetero) is 1. The van der Waals surface area contributed by atoms with E-state index < -0.39 is 23.5 Å². The highest BCUT2D eigenvalue weighted by atomic mass is 35.5. The van der Waals surface area contributed by atoms with Gasteiger partial charge in [-0.1, -0.05) is 35.6 Å². The van der Waals surface area contributed by atoms with Crippen LogP contribution in [0.3, 0.4) is 0 Å². The number of phenols is 1.